The van der Waals surface area contributed by atoms with Crippen LogP contribution in [0.5, 0.6) is 0 Å². The first kappa shape index (κ1) is 10.9. The zero-order chi connectivity index (χ0) is 11.9. The summed E-state index contributed by atoms with van der Waals surface area (Å²) < 4.78 is 0. The molecule has 3 aliphatic rings. The molecule has 1 N–H and O–H groups in total. The van der Waals surface area contributed by atoms with Crippen LogP contribution in [0.15, 0.2) is 12.1 Å². The minimum absolute atomic E-state index is 0.872. The maximum absolute atomic E-state index is 3.48. The molecule has 1 aromatic rings. The summed E-state index contributed by atoms with van der Waals surface area (Å²) in [7, 11) is 0. The molecule has 2 nitrogen and oxygen atoms in total. The van der Waals surface area contributed by atoms with E-state index in [1.165, 1.54) is 58.3 Å². The summed E-state index contributed by atoms with van der Waals surface area (Å²) in [6, 6.07) is 5.01. The minimum atomic E-state index is 0.872. The van der Waals surface area contributed by atoms with Crippen molar-refractivity contribution < 1.29 is 0 Å². The van der Waals surface area contributed by atoms with Crippen LogP contribution in [0.4, 0.5) is 5.69 Å². The molecule has 3 aliphatic heterocycles. The standard InChI is InChI=1S/C16H22N2/c1-2-14-9-13(8-12-3-5-17-11-12)10-15-4-7-18(6-1)16(14)15/h9-10,12,17H,1-8,11H2. The SMILES string of the molecule is c1c(CC2CCNC2)cc2c3c1CCCN3CC2. The van der Waals surface area contributed by atoms with Gasteiger partial charge in [-0.05, 0) is 67.8 Å². The van der Waals surface area contributed by atoms with E-state index >= 15 is 0 Å². The highest BCUT2D eigenvalue weighted by molar-refractivity contribution is 5.65. The van der Waals surface area contributed by atoms with E-state index in [0.29, 0.717) is 0 Å². The minimum Gasteiger partial charge on any atom is -0.371 e. The molecule has 1 atom stereocenters. The number of rotatable bonds is 2. The summed E-state index contributed by atoms with van der Waals surface area (Å²) in [6.07, 6.45) is 6.57. The predicted octanol–water partition coefficient (Wildman–Crippen LogP) is 2.15. The Bertz CT molecular complexity index is 460. The average Bonchev–Trinajstić information content (AvgIpc) is 3.01. The normalized spacial score (nSPS) is 25.6. The van der Waals surface area contributed by atoms with Crippen molar-refractivity contribution in [3.63, 3.8) is 0 Å². The lowest BCUT2D eigenvalue weighted by molar-refractivity contribution is 0.579. The van der Waals surface area contributed by atoms with Crippen molar-refractivity contribution in [2.75, 3.05) is 31.1 Å². The second-order valence-electron chi connectivity index (χ2n) is 6.17. The van der Waals surface area contributed by atoms with Gasteiger partial charge in [0.2, 0.25) is 0 Å². The van der Waals surface area contributed by atoms with Crippen molar-refractivity contribution >= 4 is 5.69 Å². The Labute approximate surface area is 109 Å². The molecule has 0 amide bonds. The molecule has 96 valence electrons. The third-order valence-corrected chi connectivity index (χ3v) is 4.86. The van der Waals surface area contributed by atoms with Crippen LogP contribution in [0.25, 0.3) is 0 Å². The first-order valence-electron chi connectivity index (χ1n) is 7.50. The fourth-order valence-corrected chi connectivity index (χ4v) is 4.01. The topological polar surface area (TPSA) is 15.3 Å². The quantitative estimate of drug-likeness (QED) is 0.855. The number of nitrogens with zero attached hydrogens (tertiary/aromatic N) is 1. The smallest absolute Gasteiger partial charge is 0.0432 e. The molecule has 0 saturated carbocycles. The van der Waals surface area contributed by atoms with Gasteiger partial charge < -0.3 is 10.2 Å². The number of anilines is 1. The van der Waals surface area contributed by atoms with Crippen molar-refractivity contribution in [3.8, 4) is 0 Å². The van der Waals surface area contributed by atoms with Gasteiger partial charge in [-0.15, -0.1) is 0 Å². The first-order chi connectivity index (χ1) is 8.90. The molecular weight excluding hydrogens is 220 g/mol. The third kappa shape index (κ3) is 1.74. The van der Waals surface area contributed by atoms with Crippen LogP contribution in [0, 0.1) is 5.92 Å². The van der Waals surface area contributed by atoms with Crippen molar-refractivity contribution in [2.45, 2.75) is 32.1 Å². The van der Waals surface area contributed by atoms with E-state index in [-0.39, 0.29) is 0 Å². The molecule has 18 heavy (non-hydrogen) atoms. The van der Waals surface area contributed by atoms with Gasteiger partial charge in [0, 0.05) is 18.8 Å². The average molecular weight is 242 g/mol. The lowest BCUT2D eigenvalue weighted by atomic mass is 9.92. The van der Waals surface area contributed by atoms with Gasteiger partial charge in [0.15, 0.2) is 0 Å². The van der Waals surface area contributed by atoms with Crippen LogP contribution >= 0.6 is 0 Å². The second kappa shape index (κ2) is 4.27. The summed E-state index contributed by atoms with van der Waals surface area (Å²) in [4.78, 5) is 2.61. The molecule has 0 aromatic heterocycles. The van der Waals surface area contributed by atoms with E-state index in [0.717, 1.165) is 5.92 Å². The number of hydrogen-bond acceptors (Lipinski definition) is 2. The van der Waals surface area contributed by atoms with Gasteiger partial charge in [0.1, 0.15) is 0 Å². The number of aryl methyl sites for hydroxylation is 1. The van der Waals surface area contributed by atoms with E-state index in [1.807, 2.05) is 0 Å². The van der Waals surface area contributed by atoms with E-state index in [2.05, 4.69) is 22.3 Å². The Morgan fingerprint density at radius 1 is 1.17 bits per heavy atom. The summed E-state index contributed by atoms with van der Waals surface area (Å²) in [5.74, 6) is 0.872. The Morgan fingerprint density at radius 3 is 2.89 bits per heavy atom. The highest BCUT2D eigenvalue weighted by Crippen LogP contribution is 2.37. The van der Waals surface area contributed by atoms with Crippen molar-refractivity contribution in [1.82, 2.24) is 5.32 Å². The largest absolute Gasteiger partial charge is 0.371 e. The lowest BCUT2D eigenvalue weighted by Gasteiger charge is -2.27. The zero-order valence-electron chi connectivity index (χ0n) is 11.0. The van der Waals surface area contributed by atoms with Crippen LogP contribution in [-0.4, -0.2) is 26.2 Å². The van der Waals surface area contributed by atoms with Crippen molar-refractivity contribution in [3.05, 3.63) is 28.8 Å². The summed E-state index contributed by atoms with van der Waals surface area (Å²) in [5.41, 5.74) is 6.47. The lowest BCUT2D eigenvalue weighted by Crippen LogP contribution is -2.26. The summed E-state index contributed by atoms with van der Waals surface area (Å²) in [6.45, 7) is 4.98. The molecule has 1 unspecified atom stereocenters. The van der Waals surface area contributed by atoms with Crippen LogP contribution in [-0.2, 0) is 19.3 Å². The zero-order valence-corrected chi connectivity index (χ0v) is 11.0. The number of benzene rings is 1. The monoisotopic (exact) mass is 242 g/mol. The highest BCUT2D eigenvalue weighted by Gasteiger charge is 2.26. The van der Waals surface area contributed by atoms with Gasteiger partial charge in [0.05, 0.1) is 0 Å². The fourth-order valence-electron chi connectivity index (χ4n) is 4.01. The Morgan fingerprint density at radius 2 is 2.06 bits per heavy atom. The Kier molecular flexibility index (Phi) is 2.58. The van der Waals surface area contributed by atoms with Gasteiger partial charge in [0.25, 0.3) is 0 Å². The molecule has 1 saturated heterocycles. The predicted molar refractivity (Wildman–Crippen MR) is 75.4 cm³/mol. The molecule has 3 heterocycles. The summed E-state index contributed by atoms with van der Waals surface area (Å²) >= 11 is 0. The van der Waals surface area contributed by atoms with Gasteiger partial charge in [-0.2, -0.15) is 0 Å². The molecule has 1 aromatic carbocycles. The molecule has 4 rings (SSSR count). The fraction of sp³-hybridized carbons (Fsp3) is 0.625. The summed E-state index contributed by atoms with van der Waals surface area (Å²) in [5, 5.41) is 3.48. The third-order valence-electron chi connectivity index (χ3n) is 4.86. The van der Waals surface area contributed by atoms with Crippen LogP contribution < -0.4 is 10.2 Å². The number of hydrogen-bond donors (Lipinski definition) is 1. The molecule has 2 heteroatoms. The molecular formula is C16H22N2. The van der Waals surface area contributed by atoms with Crippen LogP contribution in [0.3, 0.4) is 0 Å². The van der Waals surface area contributed by atoms with Crippen molar-refractivity contribution in [2.24, 2.45) is 5.92 Å². The van der Waals surface area contributed by atoms with Gasteiger partial charge >= 0.3 is 0 Å². The molecule has 0 spiro atoms. The molecule has 1 fully saturated rings. The van der Waals surface area contributed by atoms with E-state index in [9.17, 15) is 0 Å². The van der Waals surface area contributed by atoms with E-state index < -0.39 is 0 Å². The van der Waals surface area contributed by atoms with Crippen LogP contribution in [0.2, 0.25) is 0 Å². The van der Waals surface area contributed by atoms with Gasteiger partial charge in [-0.1, -0.05) is 12.1 Å². The Balaban J connectivity index is 1.65. The maximum atomic E-state index is 3.48. The number of nitrogens with one attached hydrogen (secondary N) is 1. The van der Waals surface area contributed by atoms with Gasteiger partial charge in [-0.3, -0.25) is 0 Å². The Hall–Kier alpha value is -1.02. The highest BCUT2D eigenvalue weighted by atomic mass is 15.2. The van der Waals surface area contributed by atoms with Gasteiger partial charge in [-0.25, -0.2) is 0 Å². The first-order valence-corrected chi connectivity index (χ1v) is 7.50. The van der Waals surface area contributed by atoms with E-state index in [4.69, 9.17) is 0 Å². The van der Waals surface area contributed by atoms with Crippen molar-refractivity contribution in [1.29, 1.82) is 0 Å². The van der Waals surface area contributed by atoms with E-state index in [1.54, 1.807) is 22.4 Å². The second-order valence-corrected chi connectivity index (χ2v) is 6.17. The maximum Gasteiger partial charge on any atom is 0.0432 e. The molecule has 0 aliphatic carbocycles. The molecule has 0 radical (unpaired) electrons. The molecule has 0 bridgehead atoms. The van der Waals surface area contributed by atoms with Crippen LogP contribution in [0.1, 0.15) is 29.5 Å².